The average molecular weight is 319 g/mol. The Hall–Kier alpha value is -2.00. The number of halogens is 1. The third-order valence-corrected chi connectivity index (χ3v) is 3.92. The summed E-state index contributed by atoms with van der Waals surface area (Å²) in [5.41, 5.74) is 3.18. The van der Waals surface area contributed by atoms with Crippen molar-refractivity contribution in [3.8, 4) is 22.6 Å². The van der Waals surface area contributed by atoms with Crippen molar-refractivity contribution in [2.24, 2.45) is 0 Å². The second-order valence-corrected chi connectivity index (χ2v) is 5.36. The third-order valence-electron chi connectivity index (χ3n) is 3.52. The second kappa shape index (κ2) is 6.84. The Labute approximate surface area is 135 Å². The molecule has 0 aliphatic carbocycles. The first-order valence-electron chi connectivity index (χ1n) is 7.10. The molecule has 3 nitrogen and oxygen atoms in total. The van der Waals surface area contributed by atoms with Gasteiger partial charge in [0.05, 0.1) is 19.3 Å². The van der Waals surface area contributed by atoms with E-state index in [0.717, 1.165) is 22.4 Å². The average Bonchev–Trinajstić information content (AvgIpc) is 2.51. The zero-order chi connectivity index (χ0) is 16.3. The first kappa shape index (κ1) is 16.4. The number of carbonyl (C=O) groups is 1. The van der Waals surface area contributed by atoms with Gasteiger partial charge in [0, 0.05) is 10.6 Å². The largest absolute Gasteiger partial charge is 0.497 e. The molecule has 0 aromatic heterocycles. The Morgan fingerprint density at radius 1 is 1.23 bits per heavy atom. The summed E-state index contributed by atoms with van der Waals surface area (Å²) in [7, 11) is 1.62. The van der Waals surface area contributed by atoms with E-state index >= 15 is 0 Å². The SMILES string of the molecule is CCOc1c(C(C)=O)cc(Cl)c(C)c1-c1ccc(OC)cc1. The quantitative estimate of drug-likeness (QED) is 0.734. The molecule has 2 aromatic carbocycles. The molecule has 0 radical (unpaired) electrons. The highest BCUT2D eigenvalue weighted by Gasteiger charge is 2.20. The summed E-state index contributed by atoms with van der Waals surface area (Å²) in [5.74, 6) is 1.29. The van der Waals surface area contributed by atoms with E-state index in [1.165, 1.54) is 6.92 Å². The lowest BCUT2D eigenvalue weighted by Crippen LogP contribution is -2.04. The molecule has 0 fully saturated rings. The summed E-state index contributed by atoms with van der Waals surface area (Å²) >= 11 is 6.31. The topological polar surface area (TPSA) is 35.5 Å². The van der Waals surface area contributed by atoms with Gasteiger partial charge in [-0.25, -0.2) is 0 Å². The monoisotopic (exact) mass is 318 g/mol. The normalized spacial score (nSPS) is 10.4. The number of Topliss-reactive ketones (excluding diaryl/α,β-unsaturated/α-hetero) is 1. The molecule has 2 rings (SSSR count). The smallest absolute Gasteiger partial charge is 0.163 e. The van der Waals surface area contributed by atoms with Crippen LogP contribution in [0.15, 0.2) is 30.3 Å². The Morgan fingerprint density at radius 2 is 1.86 bits per heavy atom. The summed E-state index contributed by atoms with van der Waals surface area (Å²) in [4.78, 5) is 11.9. The van der Waals surface area contributed by atoms with Crippen molar-refractivity contribution in [2.75, 3.05) is 13.7 Å². The summed E-state index contributed by atoms with van der Waals surface area (Å²) < 4.78 is 11.0. The predicted octanol–water partition coefficient (Wildman–Crippen LogP) is 4.93. The number of methoxy groups -OCH3 is 1. The van der Waals surface area contributed by atoms with E-state index in [-0.39, 0.29) is 5.78 Å². The molecule has 0 unspecified atom stereocenters. The van der Waals surface area contributed by atoms with Crippen LogP contribution < -0.4 is 9.47 Å². The fourth-order valence-electron chi connectivity index (χ4n) is 2.39. The Balaban J connectivity index is 2.72. The van der Waals surface area contributed by atoms with E-state index in [9.17, 15) is 4.79 Å². The van der Waals surface area contributed by atoms with Crippen molar-refractivity contribution in [2.45, 2.75) is 20.8 Å². The highest BCUT2D eigenvalue weighted by Crippen LogP contribution is 2.40. The van der Waals surface area contributed by atoms with E-state index in [4.69, 9.17) is 21.1 Å². The number of rotatable bonds is 5. The highest BCUT2D eigenvalue weighted by molar-refractivity contribution is 6.32. The fraction of sp³-hybridized carbons (Fsp3) is 0.278. The Morgan fingerprint density at radius 3 is 2.36 bits per heavy atom. The number of hydrogen-bond acceptors (Lipinski definition) is 3. The van der Waals surface area contributed by atoms with Crippen LogP contribution in [0.4, 0.5) is 0 Å². The molecule has 0 bridgehead atoms. The molecular weight excluding hydrogens is 300 g/mol. The Bertz CT molecular complexity index is 690. The van der Waals surface area contributed by atoms with Crippen LogP contribution in [0, 0.1) is 6.92 Å². The van der Waals surface area contributed by atoms with E-state index in [1.807, 2.05) is 38.1 Å². The standard InChI is InChI=1S/C18H19ClO3/c1-5-22-18-15(12(3)20)10-16(19)11(2)17(18)13-6-8-14(21-4)9-7-13/h6-10H,5H2,1-4H3. The fourth-order valence-corrected chi connectivity index (χ4v) is 2.59. The molecule has 0 N–H and O–H groups in total. The first-order valence-corrected chi connectivity index (χ1v) is 7.48. The third kappa shape index (κ3) is 3.09. The van der Waals surface area contributed by atoms with Gasteiger partial charge in [0.25, 0.3) is 0 Å². The van der Waals surface area contributed by atoms with Crippen LogP contribution in [0.5, 0.6) is 11.5 Å². The van der Waals surface area contributed by atoms with Crippen molar-refractivity contribution >= 4 is 17.4 Å². The maximum absolute atomic E-state index is 11.9. The maximum atomic E-state index is 11.9. The number of hydrogen-bond donors (Lipinski definition) is 0. The van der Waals surface area contributed by atoms with Crippen LogP contribution in [-0.2, 0) is 0 Å². The molecule has 0 saturated heterocycles. The van der Waals surface area contributed by atoms with Crippen molar-refractivity contribution in [1.29, 1.82) is 0 Å². The molecule has 0 aliphatic rings. The molecule has 22 heavy (non-hydrogen) atoms. The van der Waals surface area contributed by atoms with Crippen LogP contribution in [0.2, 0.25) is 5.02 Å². The molecular formula is C18H19ClO3. The molecule has 0 spiro atoms. The van der Waals surface area contributed by atoms with Gasteiger partial charge in [-0.3, -0.25) is 4.79 Å². The molecule has 116 valence electrons. The summed E-state index contributed by atoms with van der Waals surface area (Å²) in [6.45, 7) is 5.81. The van der Waals surface area contributed by atoms with E-state index < -0.39 is 0 Å². The van der Waals surface area contributed by atoms with Crippen LogP contribution in [0.3, 0.4) is 0 Å². The van der Waals surface area contributed by atoms with Gasteiger partial charge in [-0.2, -0.15) is 0 Å². The van der Waals surface area contributed by atoms with E-state index in [2.05, 4.69) is 0 Å². The number of ketones is 1. The lowest BCUT2D eigenvalue weighted by Gasteiger charge is -2.18. The number of benzene rings is 2. The lowest BCUT2D eigenvalue weighted by molar-refractivity contribution is 0.101. The predicted molar refractivity (Wildman–Crippen MR) is 89.4 cm³/mol. The summed E-state index contributed by atoms with van der Waals surface area (Å²) in [6, 6.07) is 9.29. The molecule has 0 heterocycles. The van der Waals surface area contributed by atoms with Crippen molar-refractivity contribution in [3.05, 3.63) is 46.5 Å². The molecule has 0 saturated carbocycles. The minimum absolute atomic E-state index is 0.0693. The lowest BCUT2D eigenvalue weighted by atomic mass is 9.95. The van der Waals surface area contributed by atoms with Gasteiger partial charge in [-0.1, -0.05) is 23.7 Å². The minimum atomic E-state index is -0.0693. The van der Waals surface area contributed by atoms with Gasteiger partial charge >= 0.3 is 0 Å². The number of carbonyl (C=O) groups excluding carboxylic acids is 1. The minimum Gasteiger partial charge on any atom is -0.497 e. The second-order valence-electron chi connectivity index (χ2n) is 4.95. The van der Waals surface area contributed by atoms with Crippen molar-refractivity contribution < 1.29 is 14.3 Å². The van der Waals surface area contributed by atoms with Gasteiger partial charge < -0.3 is 9.47 Å². The zero-order valence-electron chi connectivity index (χ0n) is 13.2. The highest BCUT2D eigenvalue weighted by atomic mass is 35.5. The van der Waals surface area contributed by atoms with E-state index in [0.29, 0.717) is 22.9 Å². The number of ether oxygens (including phenoxy) is 2. The van der Waals surface area contributed by atoms with Crippen LogP contribution in [0.25, 0.3) is 11.1 Å². The summed E-state index contributed by atoms with van der Waals surface area (Å²) in [6.07, 6.45) is 0. The van der Waals surface area contributed by atoms with Gasteiger partial charge in [0.15, 0.2) is 5.78 Å². The van der Waals surface area contributed by atoms with Crippen molar-refractivity contribution in [1.82, 2.24) is 0 Å². The van der Waals surface area contributed by atoms with Crippen LogP contribution >= 0.6 is 11.6 Å². The van der Waals surface area contributed by atoms with Crippen LogP contribution in [-0.4, -0.2) is 19.5 Å². The molecule has 4 heteroatoms. The molecule has 0 aliphatic heterocycles. The maximum Gasteiger partial charge on any atom is 0.163 e. The van der Waals surface area contributed by atoms with Gasteiger partial charge in [0.2, 0.25) is 0 Å². The summed E-state index contributed by atoms with van der Waals surface area (Å²) in [5, 5.41) is 0.555. The van der Waals surface area contributed by atoms with Crippen molar-refractivity contribution in [3.63, 3.8) is 0 Å². The molecule has 2 aromatic rings. The van der Waals surface area contributed by atoms with Gasteiger partial charge in [-0.05, 0) is 50.1 Å². The first-order chi connectivity index (χ1) is 10.5. The zero-order valence-corrected chi connectivity index (χ0v) is 14.0. The molecule has 0 amide bonds. The Kier molecular flexibility index (Phi) is 5.09. The van der Waals surface area contributed by atoms with Gasteiger partial charge in [0.1, 0.15) is 11.5 Å². The van der Waals surface area contributed by atoms with Crippen LogP contribution in [0.1, 0.15) is 29.8 Å². The van der Waals surface area contributed by atoms with E-state index in [1.54, 1.807) is 13.2 Å². The van der Waals surface area contributed by atoms with Gasteiger partial charge in [-0.15, -0.1) is 0 Å². The molecule has 0 atom stereocenters.